The van der Waals surface area contributed by atoms with E-state index in [2.05, 4.69) is 15.5 Å². The molecule has 1 saturated heterocycles. The van der Waals surface area contributed by atoms with Crippen molar-refractivity contribution in [2.24, 2.45) is 5.92 Å². The number of rotatable bonds is 5. The summed E-state index contributed by atoms with van der Waals surface area (Å²) < 4.78 is 2.61. The van der Waals surface area contributed by atoms with Crippen LogP contribution >= 0.6 is 12.2 Å². The third kappa shape index (κ3) is 3.99. The van der Waals surface area contributed by atoms with Gasteiger partial charge in [-0.3, -0.25) is 19.3 Å². The van der Waals surface area contributed by atoms with Crippen LogP contribution in [0.1, 0.15) is 47.9 Å². The normalized spacial score (nSPS) is 18.8. The van der Waals surface area contributed by atoms with Gasteiger partial charge in [-0.2, -0.15) is 5.10 Å². The summed E-state index contributed by atoms with van der Waals surface area (Å²) in [6, 6.07) is 14.1. The lowest BCUT2D eigenvalue weighted by atomic mass is 9.95. The van der Waals surface area contributed by atoms with E-state index in [0.717, 1.165) is 42.3 Å². The third-order valence-electron chi connectivity index (χ3n) is 6.21. The van der Waals surface area contributed by atoms with E-state index in [1.807, 2.05) is 51.9 Å². The highest BCUT2D eigenvalue weighted by Gasteiger charge is 2.31. The van der Waals surface area contributed by atoms with E-state index < -0.39 is 0 Å². The van der Waals surface area contributed by atoms with Gasteiger partial charge in [0.25, 0.3) is 5.91 Å². The van der Waals surface area contributed by atoms with Crippen LogP contribution in [-0.4, -0.2) is 44.6 Å². The summed E-state index contributed by atoms with van der Waals surface area (Å²) in [6.45, 7) is 1.45. The highest BCUT2D eigenvalue weighted by atomic mass is 32.1. The fourth-order valence-corrected chi connectivity index (χ4v) is 4.74. The lowest BCUT2D eigenvalue weighted by Gasteiger charge is -2.32. The summed E-state index contributed by atoms with van der Waals surface area (Å²) >= 11 is 5.31. The summed E-state index contributed by atoms with van der Waals surface area (Å²) in [5, 5.41) is 12.1. The second-order valence-electron chi connectivity index (χ2n) is 8.38. The summed E-state index contributed by atoms with van der Waals surface area (Å²) in [5.41, 5.74) is 0.694. The Kier molecular flexibility index (Phi) is 5.31. The van der Waals surface area contributed by atoms with Crippen molar-refractivity contribution in [3.63, 3.8) is 0 Å². The number of aromatic amines is 1. The minimum atomic E-state index is -0.219. The van der Waals surface area contributed by atoms with Crippen molar-refractivity contribution >= 4 is 34.8 Å². The summed E-state index contributed by atoms with van der Waals surface area (Å²) in [5.74, 6) is 0.500. The van der Waals surface area contributed by atoms with Gasteiger partial charge in [0, 0.05) is 24.7 Å². The van der Waals surface area contributed by atoms with Gasteiger partial charge in [0.15, 0.2) is 10.6 Å². The molecule has 7 nitrogen and oxygen atoms in total. The van der Waals surface area contributed by atoms with Gasteiger partial charge in [0.2, 0.25) is 5.91 Å². The van der Waals surface area contributed by atoms with Crippen LogP contribution in [0.2, 0.25) is 0 Å². The summed E-state index contributed by atoms with van der Waals surface area (Å²) in [7, 11) is 0. The van der Waals surface area contributed by atoms with Gasteiger partial charge in [-0.05, 0) is 54.7 Å². The highest BCUT2D eigenvalue weighted by molar-refractivity contribution is 7.71. The molecule has 0 bridgehead atoms. The van der Waals surface area contributed by atoms with Crippen LogP contribution < -0.4 is 5.32 Å². The van der Waals surface area contributed by atoms with E-state index in [4.69, 9.17) is 12.2 Å². The van der Waals surface area contributed by atoms with E-state index in [1.165, 1.54) is 0 Å². The molecule has 1 unspecified atom stereocenters. The highest BCUT2D eigenvalue weighted by Crippen LogP contribution is 2.35. The number of likely N-dealkylation sites (tertiary alicyclic amines) is 1. The van der Waals surface area contributed by atoms with Gasteiger partial charge >= 0.3 is 0 Å². The molecule has 1 aliphatic heterocycles. The molecule has 1 saturated carbocycles. The Balaban J connectivity index is 1.26. The van der Waals surface area contributed by atoms with Crippen molar-refractivity contribution in [2.75, 3.05) is 13.1 Å². The number of H-pyrrole nitrogens is 1. The molecule has 31 heavy (non-hydrogen) atoms. The fourth-order valence-electron chi connectivity index (χ4n) is 4.44. The molecule has 8 heteroatoms. The van der Waals surface area contributed by atoms with Crippen molar-refractivity contribution in [3.8, 4) is 0 Å². The first-order valence-corrected chi connectivity index (χ1v) is 11.2. The molecule has 1 atom stereocenters. The SMILES string of the molecule is O=C(NCc1n[nH]c(=S)n1C1CC1)C1CCCN(C(=O)c2cccc3ccccc23)C1. The number of nitrogens with zero attached hydrogens (tertiary/aromatic N) is 3. The smallest absolute Gasteiger partial charge is 0.254 e. The average molecular weight is 436 g/mol. The van der Waals surface area contributed by atoms with Gasteiger partial charge in [0.05, 0.1) is 12.5 Å². The predicted molar refractivity (Wildman–Crippen MR) is 120 cm³/mol. The molecule has 2 aromatic carbocycles. The second kappa shape index (κ2) is 8.26. The number of amides is 2. The first-order chi connectivity index (χ1) is 15.1. The minimum absolute atomic E-state index is 0.0103. The van der Waals surface area contributed by atoms with Gasteiger partial charge in [-0.25, -0.2) is 0 Å². The van der Waals surface area contributed by atoms with Gasteiger partial charge < -0.3 is 10.2 Å². The zero-order valence-corrected chi connectivity index (χ0v) is 18.0. The van der Waals surface area contributed by atoms with Crippen LogP contribution in [0, 0.1) is 10.7 Å². The predicted octanol–water partition coefficient (Wildman–Crippen LogP) is 3.60. The number of aromatic nitrogens is 3. The lowest BCUT2D eigenvalue weighted by Crippen LogP contribution is -2.45. The molecule has 160 valence electrons. The quantitative estimate of drug-likeness (QED) is 0.600. The lowest BCUT2D eigenvalue weighted by molar-refractivity contribution is -0.126. The van der Waals surface area contributed by atoms with E-state index in [1.54, 1.807) is 0 Å². The zero-order chi connectivity index (χ0) is 21.4. The Morgan fingerprint density at radius 1 is 1.13 bits per heavy atom. The average Bonchev–Trinajstić information content (AvgIpc) is 3.58. The minimum Gasteiger partial charge on any atom is -0.348 e. The molecule has 5 rings (SSSR count). The maximum atomic E-state index is 13.3. The number of hydrogen-bond donors (Lipinski definition) is 2. The molecule has 1 aromatic heterocycles. The number of benzene rings is 2. The Bertz CT molecular complexity index is 1190. The standard InChI is InChI=1S/C23H25N5O2S/c29-21(24-13-20-25-26-23(31)28(20)17-10-11-17)16-7-4-12-27(14-16)22(30)19-9-3-6-15-5-1-2-8-18(15)19/h1-3,5-6,8-9,16-17H,4,7,10-14H2,(H,24,29)(H,26,31). The maximum absolute atomic E-state index is 13.3. The first-order valence-electron chi connectivity index (χ1n) is 10.8. The molecular formula is C23H25N5O2S. The summed E-state index contributed by atoms with van der Waals surface area (Å²) in [4.78, 5) is 27.9. The van der Waals surface area contributed by atoms with Crippen LogP contribution in [0.3, 0.4) is 0 Å². The Hall–Kier alpha value is -3.00. The molecule has 0 spiro atoms. The molecule has 2 aliphatic rings. The van der Waals surface area contributed by atoms with E-state index in [0.29, 0.717) is 36.0 Å². The van der Waals surface area contributed by atoms with Gasteiger partial charge in [-0.1, -0.05) is 36.4 Å². The Labute approximate surface area is 185 Å². The van der Waals surface area contributed by atoms with Crippen LogP contribution in [0.5, 0.6) is 0 Å². The van der Waals surface area contributed by atoms with Crippen LogP contribution in [0.4, 0.5) is 0 Å². The number of piperidine rings is 1. The molecule has 0 radical (unpaired) electrons. The summed E-state index contributed by atoms with van der Waals surface area (Å²) in [6.07, 6.45) is 3.79. The van der Waals surface area contributed by atoms with Crippen LogP contribution in [0.25, 0.3) is 10.8 Å². The van der Waals surface area contributed by atoms with Crippen molar-refractivity contribution < 1.29 is 9.59 Å². The van der Waals surface area contributed by atoms with Crippen LogP contribution in [0.15, 0.2) is 42.5 Å². The van der Waals surface area contributed by atoms with E-state index in [9.17, 15) is 9.59 Å². The number of hydrogen-bond acceptors (Lipinski definition) is 4. The maximum Gasteiger partial charge on any atom is 0.254 e. The number of fused-ring (bicyclic) bond motifs is 1. The fraction of sp³-hybridized carbons (Fsp3) is 0.391. The molecule has 1 aliphatic carbocycles. The van der Waals surface area contributed by atoms with Gasteiger partial charge in [0.1, 0.15) is 0 Å². The Morgan fingerprint density at radius 2 is 1.94 bits per heavy atom. The third-order valence-corrected chi connectivity index (χ3v) is 6.50. The van der Waals surface area contributed by atoms with Crippen molar-refractivity contribution in [2.45, 2.75) is 38.3 Å². The molecule has 2 heterocycles. The van der Waals surface area contributed by atoms with Crippen molar-refractivity contribution in [1.29, 1.82) is 0 Å². The van der Waals surface area contributed by atoms with Gasteiger partial charge in [-0.15, -0.1) is 0 Å². The largest absolute Gasteiger partial charge is 0.348 e. The second-order valence-corrected chi connectivity index (χ2v) is 8.77. The molecule has 2 fully saturated rings. The molecule has 2 N–H and O–H groups in total. The van der Waals surface area contributed by atoms with Crippen molar-refractivity contribution in [3.05, 3.63) is 58.6 Å². The Morgan fingerprint density at radius 3 is 2.77 bits per heavy atom. The monoisotopic (exact) mass is 435 g/mol. The molecule has 2 amide bonds. The number of carbonyl (C=O) groups is 2. The first kappa shape index (κ1) is 19.9. The number of carbonyl (C=O) groups excluding carboxylic acids is 2. The number of nitrogens with one attached hydrogen (secondary N) is 2. The van der Waals surface area contributed by atoms with E-state index >= 15 is 0 Å². The topological polar surface area (TPSA) is 83.0 Å². The van der Waals surface area contributed by atoms with Crippen molar-refractivity contribution in [1.82, 2.24) is 25.0 Å². The van der Waals surface area contributed by atoms with Crippen LogP contribution in [-0.2, 0) is 11.3 Å². The molecular weight excluding hydrogens is 410 g/mol. The zero-order valence-electron chi connectivity index (χ0n) is 17.2. The molecule has 3 aromatic rings. The van der Waals surface area contributed by atoms with E-state index in [-0.39, 0.29) is 17.7 Å².